The summed E-state index contributed by atoms with van der Waals surface area (Å²) in [6.45, 7) is 4.31. The van der Waals surface area contributed by atoms with E-state index in [1.165, 1.54) is 18.3 Å². The minimum absolute atomic E-state index is 0.0671. The number of aromatic nitrogens is 2. The number of ether oxygens (including phenoxy) is 1. The van der Waals surface area contributed by atoms with Crippen molar-refractivity contribution < 1.29 is 14.5 Å². The second-order valence-electron chi connectivity index (χ2n) is 6.78. The van der Waals surface area contributed by atoms with Gasteiger partial charge in [-0.25, -0.2) is 14.8 Å². The van der Waals surface area contributed by atoms with E-state index in [-0.39, 0.29) is 22.9 Å². The molecule has 0 spiro atoms. The van der Waals surface area contributed by atoms with Crippen LogP contribution in [0.1, 0.15) is 22.8 Å². The molecule has 0 fully saturated rings. The van der Waals surface area contributed by atoms with Crippen LogP contribution in [0.3, 0.4) is 0 Å². The molecule has 0 amide bonds. The Kier molecular flexibility index (Phi) is 6.44. The Morgan fingerprint density at radius 1 is 1.13 bits per heavy atom. The van der Waals surface area contributed by atoms with Gasteiger partial charge in [0, 0.05) is 19.3 Å². The highest BCUT2D eigenvalue weighted by atomic mass is 16.6. The SMILES string of the molecule is CCN(c1cccc(C)c1)c1ncnc(N(C)c2ccccc2C(=O)OC)c1[N+](=O)[O-]. The molecule has 0 radical (unpaired) electrons. The predicted octanol–water partition coefficient (Wildman–Crippen LogP) is 4.41. The first-order valence-corrected chi connectivity index (χ1v) is 9.63. The van der Waals surface area contributed by atoms with Crippen LogP contribution in [-0.4, -0.2) is 41.6 Å². The molecule has 0 N–H and O–H groups in total. The second kappa shape index (κ2) is 9.21. The van der Waals surface area contributed by atoms with E-state index in [9.17, 15) is 14.9 Å². The van der Waals surface area contributed by atoms with Crippen LogP contribution in [0.4, 0.5) is 28.7 Å². The standard InChI is InChI=1S/C22H23N5O4/c1-5-26(16-10-8-9-15(2)13-16)21-19(27(29)30)20(23-14-24-21)25(3)18-12-7-6-11-17(18)22(28)31-4/h6-14H,5H2,1-4H3. The number of aryl methyl sites for hydroxylation is 1. The number of para-hydroxylation sites is 1. The highest BCUT2D eigenvalue weighted by Crippen LogP contribution is 2.40. The summed E-state index contributed by atoms with van der Waals surface area (Å²) in [5.41, 5.74) is 2.26. The Hall–Kier alpha value is -4.01. The summed E-state index contributed by atoms with van der Waals surface area (Å²) in [4.78, 5) is 35.5. The lowest BCUT2D eigenvalue weighted by atomic mass is 10.1. The van der Waals surface area contributed by atoms with E-state index >= 15 is 0 Å². The third-order valence-corrected chi connectivity index (χ3v) is 4.84. The van der Waals surface area contributed by atoms with Crippen LogP contribution in [0, 0.1) is 17.0 Å². The first kappa shape index (κ1) is 21.7. The Morgan fingerprint density at radius 2 is 1.84 bits per heavy atom. The number of carbonyl (C=O) groups excluding carboxylic acids is 1. The van der Waals surface area contributed by atoms with Gasteiger partial charge in [0.1, 0.15) is 6.33 Å². The molecule has 3 rings (SSSR count). The van der Waals surface area contributed by atoms with Crippen LogP contribution in [0.25, 0.3) is 0 Å². The molecular weight excluding hydrogens is 398 g/mol. The molecular formula is C22H23N5O4. The summed E-state index contributed by atoms with van der Waals surface area (Å²) >= 11 is 0. The number of rotatable bonds is 7. The smallest absolute Gasteiger partial charge is 0.354 e. The number of anilines is 4. The molecule has 1 aromatic heterocycles. The van der Waals surface area contributed by atoms with Crippen molar-refractivity contribution in [2.45, 2.75) is 13.8 Å². The summed E-state index contributed by atoms with van der Waals surface area (Å²) < 4.78 is 4.85. The van der Waals surface area contributed by atoms with Crippen molar-refractivity contribution in [3.05, 3.63) is 76.1 Å². The molecule has 3 aromatic rings. The average molecular weight is 421 g/mol. The van der Waals surface area contributed by atoms with Crippen molar-refractivity contribution in [1.82, 2.24) is 9.97 Å². The molecule has 0 aliphatic rings. The maximum absolute atomic E-state index is 12.2. The van der Waals surface area contributed by atoms with Gasteiger partial charge < -0.3 is 14.5 Å². The van der Waals surface area contributed by atoms with Crippen LogP contribution < -0.4 is 9.80 Å². The van der Waals surface area contributed by atoms with Crippen LogP contribution in [0.15, 0.2) is 54.9 Å². The van der Waals surface area contributed by atoms with Crippen molar-refractivity contribution in [2.24, 2.45) is 0 Å². The Balaban J connectivity index is 2.18. The van der Waals surface area contributed by atoms with E-state index in [0.29, 0.717) is 12.2 Å². The maximum Gasteiger partial charge on any atom is 0.354 e. The molecule has 1 heterocycles. The molecule has 0 aliphatic heterocycles. The lowest BCUT2D eigenvalue weighted by Crippen LogP contribution is -2.22. The molecule has 31 heavy (non-hydrogen) atoms. The van der Waals surface area contributed by atoms with Crippen LogP contribution >= 0.6 is 0 Å². The first-order valence-electron chi connectivity index (χ1n) is 9.63. The molecule has 9 heteroatoms. The van der Waals surface area contributed by atoms with Crippen LogP contribution in [0.2, 0.25) is 0 Å². The van der Waals surface area contributed by atoms with Crippen molar-refractivity contribution in [2.75, 3.05) is 30.5 Å². The summed E-state index contributed by atoms with van der Waals surface area (Å²) in [6.07, 6.45) is 1.29. The zero-order chi connectivity index (χ0) is 22.5. The van der Waals surface area contributed by atoms with Crippen molar-refractivity contribution in [3.8, 4) is 0 Å². The van der Waals surface area contributed by atoms with Gasteiger partial charge in [-0.2, -0.15) is 0 Å². The number of nitrogens with zero attached hydrogens (tertiary/aromatic N) is 5. The summed E-state index contributed by atoms with van der Waals surface area (Å²) in [7, 11) is 2.90. The highest BCUT2D eigenvalue weighted by molar-refractivity contribution is 5.97. The quantitative estimate of drug-likeness (QED) is 0.314. The van der Waals surface area contributed by atoms with Gasteiger partial charge in [0.15, 0.2) is 0 Å². The number of nitro groups is 1. The zero-order valence-corrected chi connectivity index (χ0v) is 17.8. The third kappa shape index (κ3) is 4.30. The van der Waals surface area contributed by atoms with Crippen molar-refractivity contribution >= 4 is 34.7 Å². The molecule has 9 nitrogen and oxygen atoms in total. The van der Waals surface area contributed by atoms with E-state index in [2.05, 4.69) is 9.97 Å². The first-order chi connectivity index (χ1) is 14.9. The molecule has 0 saturated heterocycles. The van der Waals surface area contributed by atoms with Gasteiger partial charge in [0.25, 0.3) is 0 Å². The summed E-state index contributed by atoms with van der Waals surface area (Å²) in [6, 6.07) is 14.3. The fourth-order valence-corrected chi connectivity index (χ4v) is 3.38. The van der Waals surface area contributed by atoms with Gasteiger partial charge >= 0.3 is 11.7 Å². The number of hydrogen-bond acceptors (Lipinski definition) is 8. The van der Waals surface area contributed by atoms with E-state index in [1.54, 1.807) is 36.2 Å². The lowest BCUT2D eigenvalue weighted by Gasteiger charge is -2.25. The summed E-state index contributed by atoms with van der Waals surface area (Å²) in [5.74, 6) is -0.308. The van der Waals surface area contributed by atoms with Crippen molar-refractivity contribution in [1.29, 1.82) is 0 Å². The lowest BCUT2D eigenvalue weighted by molar-refractivity contribution is -0.383. The van der Waals surface area contributed by atoms with E-state index < -0.39 is 10.9 Å². The Bertz CT molecular complexity index is 1120. The van der Waals surface area contributed by atoms with E-state index in [0.717, 1.165) is 11.3 Å². The molecule has 160 valence electrons. The monoisotopic (exact) mass is 421 g/mol. The minimum Gasteiger partial charge on any atom is -0.465 e. The minimum atomic E-state index is -0.547. The molecule has 2 aromatic carbocycles. The van der Waals surface area contributed by atoms with E-state index in [4.69, 9.17) is 4.74 Å². The van der Waals surface area contributed by atoms with Gasteiger partial charge in [0.05, 0.1) is 23.3 Å². The molecule has 0 bridgehead atoms. The fraction of sp³-hybridized carbons (Fsp3) is 0.227. The van der Waals surface area contributed by atoms with E-state index in [1.807, 2.05) is 38.1 Å². The number of methoxy groups -OCH3 is 1. The van der Waals surface area contributed by atoms with Gasteiger partial charge in [0.2, 0.25) is 11.6 Å². The topological polar surface area (TPSA) is 102 Å². The van der Waals surface area contributed by atoms with Gasteiger partial charge in [-0.1, -0.05) is 24.3 Å². The van der Waals surface area contributed by atoms with Gasteiger partial charge in [-0.05, 0) is 43.7 Å². The molecule has 0 saturated carbocycles. The fourth-order valence-electron chi connectivity index (χ4n) is 3.38. The number of carbonyl (C=O) groups is 1. The Labute approximate surface area is 180 Å². The average Bonchev–Trinajstić information content (AvgIpc) is 2.78. The predicted molar refractivity (Wildman–Crippen MR) is 118 cm³/mol. The zero-order valence-electron chi connectivity index (χ0n) is 17.8. The number of benzene rings is 2. The highest BCUT2D eigenvalue weighted by Gasteiger charge is 2.31. The number of hydrogen-bond donors (Lipinski definition) is 0. The Morgan fingerprint density at radius 3 is 2.48 bits per heavy atom. The van der Waals surface area contributed by atoms with Crippen LogP contribution in [-0.2, 0) is 4.74 Å². The van der Waals surface area contributed by atoms with Gasteiger partial charge in [-0.3, -0.25) is 10.1 Å². The maximum atomic E-state index is 12.2. The normalized spacial score (nSPS) is 10.5. The summed E-state index contributed by atoms with van der Waals surface area (Å²) in [5, 5.41) is 12.2. The van der Waals surface area contributed by atoms with Crippen LogP contribution in [0.5, 0.6) is 0 Å². The van der Waals surface area contributed by atoms with Gasteiger partial charge in [-0.15, -0.1) is 0 Å². The molecule has 0 unspecified atom stereocenters. The second-order valence-corrected chi connectivity index (χ2v) is 6.78. The molecule has 0 aliphatic carbocycles. The largest absolute Gasteiger partial charge is 0.465 e. The van der Waals surface area contributed by atoms with Crippen molar-refractivity contribution in [3.63, 3.8) is 0 Å². The third-order valence-electron chi connectivity index (χ3n) is 4.84. The number of esters is 1. The molecule has 0 atom stereocenters.